The molecule has 0 radical (unpaired) electrons. The van der Waals surface area contributed by atoms with Gasteiger partial charge < -0.3 is 9.67 Å². The van der Waals surface area contributed by atoms with Gasteiger partial charge in [0, 0.05) is 35.7 Å². The average Bonchev–Trinajstić information content (AvgIpc) is 3.06. The number of fused-ring (bicyclic) bond motifs is 1. The van der Waals surface area contributed by atoms with Gasteiger partial charge in [-0.15, -0.1) is 0 Å². The maximum absolute atomic E-state index is 11.5. The van der Waals surface area contributed by atoms with Crippen molar-refractivity contribution in [3.05, 3.63) is 100 Å². The van der Waals surface area contributed by atoms with Crippen LogP contribution in [0.3, 0.4) is 0 Å². The van der Waals surface area contributed by atoms with E-state index in [1.54, 1.807) is 18.3 Å². The van der Waals surface area contributed by atoms with Crippen LogP contribution in [0.25, 0.3) is 10.9 Å². The van der Waals surface area contributed by atoms with E-state index >= 15 is 0 Å². The first-order valence-corrected chi connectivity index (χ1v) is 8.96. The molecule has 0 spiro atoms. The highest BCUT2D eigenvalue weighted by atomic mass is 35.5. The maximum atomic E-state index is 11.5. The number of halogens is 1. The molecule has 0 fully saturated rings. The Morgan fingerprint density at radius 2 is 1.96 bits per heavy atom. The quantitative estimate of drug-likeness (QED) is 0.531. The van der Waals surface area contributed by atoms with E-state index in [0.717, 1.165) is 34.1 Å². The summed E-state index contributed by atoms with van der Waals surface area (Å²) < 4.78 is 2.18. The number of pyridine rings is 1. The highest BCUT2D eigenvalue weighted by molar-refractivity contribution is 6.31. The lowest BCUT2D eigenvalue weighted by Gasteiger charge is -2.09. The van der Waals surface area contributed by atoms with E-state index in [-0.39, 0.29) is 5.56 Å². The summed E-state index contributed by atoms with van der Waals surface area (Å²) in [5, 5.41) is 11.0. The van der Waals surface area contributed by atoms with E-state index in [1.807, 2.05) is 18.3 Å². The van der Waals surface area contributed by atoms with E-state index < -0.39 is 5.97 Å². The second-order valence-electron chi connectivity index (χ2n) is 6.48. The summed E-state index contributed by atoms with van der Waals surface area (Å²) in [6, 6.07) is 17.3. The van der Waals surface area contributed by atoms with Crippen LogP contribution in [-0.2, 0) is 13.0 Å². The van der Waals surface area contributed by atoms with Crippen LogP contribution >= 0.6 is 11.6 Å². The number of carboxylic acids is 1. The Morgan fingerprint density at radius 3 is 2.74 bits per heavy atom. The molecule has 4 aromatic rings. The minimum Gasteiger partial charge on any atom is -0.478 e. The largest absolute Gasteiger partial charge is 0.478 e. The molecular weight excluding hydrogens is 360 g/mol. The number of carbonyl (C=O) groups is 1. The summed E-state index contributed by atoms with van der Waals surface area (Å²) in [6.07, 6.45) is 6.24. The molecule has 2 heterocycles. The predicted molar refractivity (Wildman–Crippen MR) is 106 cm³/mol. The molecule has 27 heavy (non-hydrogen) atoms. The summed E-state index contributed by atoms with van der Waals surface area (Å²) in [6.45, 7) is 0.761. The Kier molecular flexibility index (Phi) is 4.65. The number of aromatic nitrogens is 2. The van der Waals surface area contributed by atoms with Crippen molar-refractivity contribution >= 4 is 28.5 Å². The van der Waals surface area contributed by atoms with Gasteiger partial charge in [0.25, 0.3) is 0 Å². The number of nitrogens with zero attached hydrogens (tertiary/aromatic N) is 2. The molecule has 0 aliphatic carbocycles. The molecule has 1 N–H and O–H groups in total. The van der Waals surface area contributed by atoms with Crippen molar-refractivity contribution in [3.63, 3.8) is 0 Å². The number of hydrogen-bond donors (Lipinski definition) is 1. The topological polar surface area (TPSA) is 55.1 Å². The Labute approximate surface area is 161 Å². The van der Waals surface area contributed by atoms with Crippen LogP contribution in [0, 0.1) is 0 Å². The minimum atomic E-state index is -0.962. The molecule has 0 aliphatic rings. The molecule has 0 saturated carbocycles. The average molecular weight is 377 g/mol. The molecule has 0 amide bonds. The first-order chi connectivity index (χ1) is 13.1. The van der Waals surface area contributed by atoms with E-state index in [0.29, 0.717) is 11.4 Å². The third kappa shape index (κ3) is 3.71. The molecule has 5 heteroatoms. The highest BCUT2D eigenvalue weighted by Gasteiger charge is 2.12. The van der Waals surface area contributed by atoms with E-state index in [1.165, 1.54) is 6.07 Å². The Balaban J connectivity index is 1.63. The zero-order valence-electron chi connectivity index (χ0n) is 14.5. The summed E-state index contributed by atoms with van der Waals surface area (Å²) in [5.74, 6) is -0.962. The Hall–Kier alpha value is -3.11. The van der Waals surface area contributed by atoms with Gasteiger partial charge in [-0.3, -0.25) is 4.98 Å². The lowest BCUT2D eigenvalue weighted by Crippen LogP contribution is -2.03. The van der Waals surface area contributed by atoms with Crippen molar-refractivity contribution in [3.8, 4) is 0 Å². The van der Waals surface area contributed by atoms with Crippen molar-refractivity contribution in [2.24, 2.45) is 0 Å². The summed E-state index contributed by atoms with van der Waals surface area (Å²) in [5.41, 5.74) is 4.34. The number of aromatic carboxylic acids is 1. The van der Waals surface area contributed by atoms with Crippen LogP contribution in [-0.4, -0.2) is 20.6 Å². The lowest BCUT2D eigenvalue weighted by molar-refractivity contribution is 0.0696. The molecule has 2 aromatic heterocycles. The zero-order chi connectivity index (χ0) is 18.8. The van der Waals surface area contributed by atoms with Crippen molar-refractivity contribution in [2.75, 3.05) is 0 Å². The maximum Gasteiger partial charge on any atom is 0.336 e. The van der Waals surface area contributed by atoms with Gasteiger partial charge in [0.05, 0.1) is 5.56 Å². The molecule has 0 aliphatic heterocycles. The summed E-state index contributed by atoms with van der Waals surface area (Å²) in [4.78, 5) is 15.7. The van der Waals surface area contributed by atoms with Crippen LogP contribution in [0.2, 0.25) is 5.02 Å². The smallest absolute Gasteiger partial charge is 0.336 e. The van der Waals surface area contributed by atoms with Gasteiger partial charge in [0.15, 0.2) is 0 Å². The second-order valence-corrected chi connectivity index (χ2v) is 6.92. The monoisotopic (exact) mass is 376 g/mol. The minimum absolute atomic E-state index is 0.247. The Bertz CT molecular complexity index is 1120. The Morgan fingerprint density at radius 1 is 1.07 bits per heavy atom. The number of hydrogen-bond acceptors (Lipinski definition) is 2. The third-order valence-corrected chi connectivity index (χ3v) is 4.84. The molecule has 2 aromatic carbocycles. The first-order valence-electron chi connectivity index (χ1n) is 8.58. The predicted octanol–water partition coefficient (Wildman–Crippen LogP) is 5.03. The standard InChI is InChI=1S/C22H17ClN2O2/c23-19-5-4-17(20(12-19)22(26)27)10-15-3-6-21-18(11-15)7-9-25(21)14-16-2-1-8-24-13-16/h1-9,11-13H,10,14H2,(H,26,27). The second kappa shape index (κ2) is 7.25. The van der Waals surface area contributed by atoms with Crippen LogP contribution < -0.4 is 0 Å². The van der Waals surface area contributed by atoms with Gasteiger partial charge in [0.1, 0.15) is 0 Å². The fourth-order valence-corrected chi connectivity index (χ4v) is 3.48. The molecule has 0 atom stereocenters. The fraction of sp³-hybridized carbons (Fsp3) is 0.0909. The zero-order valence-corrected chi connectivity index (χ0v) is 15.2. The van der Waals surface area contributed by atoms with Crippen LogP contribution in [0.15, 0.2) is 73.2 Å². The third-order valence-electron chi connectivity index (χ3n) is 4.61. The molecule has 134 valence electrons. The van der Waals surface area contributed by atoms with Crippen molar-refractivity contribution in [1.29, 1.82) is 0 Å². The van der Waals surface area contributed by atoms with Crippen molar-refractivity contribution < 1.29 is 9.90 Å². The van der Waals surface area contributed by atoms with Crippen molar-refractivity contribution in [1.82, 2.24) is 9.55 Å². The molecule has 0 saturated heterocycles. The summed E-state index contributed by atoms with van der Waals surface area (Å²) >= 11 is 5.94. The van der Waals surface area contributed by atoms with Gasteiger partial charge in [-0.1, -0.05) is 29.8 Å². The lowest BCUT2D eigenvalue weighted by atomic mass is 9.99. The van der Waals surface area contributed by atoms with Gasteiger partial charge in [-0.25, -0.2) is 4.79 Å². The van der Waals surface area contributed by atoms with Gasteiger partial charge in [-0.2, -0.15) is 0 Å². The summed E-state index contributed by atoms with van der Waals surface area (Å²) in [7, 11) is 0. The van der Waals surface area contributed by atoms with Crippen molar-refractivity contribution in [2.45, 2.75) is 13.0 Å². The van der Waals surface area contributed by atoms with Gasteiger partial charge >= 0.3 is 5.97 Å². The van der Waals surface area contributed by atoms with Crippen LogP contribution in [0.1, 0.15) is 27.0 Å². The first kappa shape index (κ1) is 17.3. The highest BCUT2D eigenvalue weighted by Crippen LogP contribution is 2.23. The fourth-order valence-electron chi connectivity index (χ4n) is 3.31. The van der Waals surface area contributed by atoms with E-state index in [9.17, 15) is 9.90 Å². The van der Waals surface area contributed by atoms with Crippen LogP contribution in [0.5, 0.6) is 0 Å². The van der Waals surface area contributed by atoms with E-state index in [4.69, 9.17) is 11.6 Å². The molecule has 0 unspecified atom stereocenters. The molecule has 4 nitrogen and oxygen atoms in total. The molecular formula is C22H17ClN2O2. The van der Waals surface area contributed by atoms with E-state index in [2.05, 4.69) is 40.0 Å². The number of rotatable bonds is 5. The normalized spacial score (nSPS) is 11.0. The van der Waals surface area contributed by atoms with Gasteiger partial charge in [-0.05, 0) is 64.9 Å². The molecule has 4 rings (SSSR count). The number of benzene rings is 2. The molecule has 0 bridgehead atoms. The van der Waals surface area contributed by atoms with Gasteiger partial charge in [0.2, 0.25) is 0 Å². The van der Waals surface area contributed by atoms with Crippen LogP contribution in [0.4, 0.5) is 0 Å². The number of carboxylic acid groups (broad SMARTS) is 1. The SMILES string of the molecule is O=C(O)c1cc(Cl)ccc1Cc1ccc2c(ccn2Cc2cccnc2)c1.